The van der Waals surface area contributed by atoms with Crippen LogP contribution in [0.25, 0.3) is 0 Å². The van der Waals surface area contributed by atoms with Crippen LogP contribution in [0.15, 0.2) is 0 Å². The Kier molecular flexibility index (Phi) is 15.7. The van der Waals surface area contributed by atoms with Gasteiger partial charge in [-0.05, 0) is 25.7 Å². The van der Waals surface area contributed by atoms with Gasteiger partial charge in [-0.2, -0.15) is 0 Å². The fraction of sp³-hybridized carbons (Fsp3) is 1.00. The molecule has 0 amide bonds. The quantitative estimate of drug-likeness (QED) is 0.166. The zero-order valence-electron chi connectivity index (χ0n) is 15.1. The predicted molar refractivity (Wildman–Crippen MR) is 101 cm³/mol. The lowest BCUT2D eigenvalue weighted by Crippen LogP contribution is -2.46. The molecule has 0 radical (unpaired) electrons. The van der Waals surface area contributed by atoms with E-state index >= 15 is 0 Å². The van der Waals surface area contributed by atoms with Crippen LogP contribution in [0.5, 0.6) is 0 Å². The van der Waals surface area contributed by atoms with E-state index in [0.717, 1.165) is 5.33 Å². The van der Waals surface area contributed by atoms with Crippen LogP contribution in [-0.4, -0.2) is 36.5 Å². The Morgan fingerprint density at radius 1 is 0.571 bits per heavy atom. The van der Waals surface area contributed by atoms with Crippen molar-refractivity contribution in [2.75, 3.05) is 32.0 Å². The second kappa shape index (κ2) is 15.3. The highest BCUT2D eigenvalue weighted by Crippen LogP contribution is 2.14. The van der Waals surface area contributed by atoms with Gasteiger partial charge in [-0.25, -0.2) is 0 Å². The molecular weight excluding hydrogens is 322 g/mol. The smallest absolute Gasteiger partial charge is 0.0792 e. The molecule has 0 saturated heterocycles. The van der Waals surface area contributed by atoms with Crippen molar-refractivity contribution in [3.8, 4) is 0 Å². The summed E-state index contributed by atoms with van der Waals surface area (Å²) < 4.78 is 1.31. The normalized spacial score (nSPS) is 14.3. The van der Waals surface area contributed by atoms with Crippen LogP contribution in [0.4, 0.5) is 0 Å². The Bertz CT molecular complexity index is 208. The molecule has 0 aliphatic carbocycles. The Balaban J connectivity index is 3.86. The molecule has 2 heteroatoms. The molecule has 0 aliphatic rings. The molecule has 0 saturated carbocycles. The van der Waals surface area contributed by atoms with E-state index < -0.39 is 0 Å². The molecule has 0 heterocycles. The SMILES string of the molecule is CCCCCCCC[N+](C)(CCCBr)CCCCCCC. The summed E-state index contributed by atoms with van der Waals surface area (Å²) in [4.78, 5) is 0. The van der Waals surface area contributed by atoms with E-state index in [4.69, 9.17) is 0 Å². The number of halogens is 1. The van der Waals surface area contributed by atoms with E-state index in [0.29, 0.717) is 0 Å². The Hall–Kier alpha value is 0.440. The average Bonchev–Trinajstić information content (AvgIpc) is 2.49. The molecule has 1 unspecified atom stereocenters. The monoisotopic (exact) mass is 362 g/mol. The lowest BCUT2D eigenvalue weighted by molar-refractivity contribution is -0.910. The first kappa shape index (κ1) is 21.4. The third-order valence-corrected chi connectivity index (χ3v) is 5.25. The molecule has 0 fully saturated rings. The first-order valence-electron chi connectivity index (χ1n) is 9.58. The number of unbranched alkanes of at least 4 members (excludes halogenated alkanes) is 9. The zero-order valence-corrected chi connectivity index (χ0v) is 16.7. The number of hydrogen-bond donors (Lipinski definition) is 0. The van der Waals surface area contributed by atoms with Crippen molar-refractivity contribution in [3.05, 3.63) is 0 Å². The van der Waals surface area contributed by atoms with E-state index in [9.17, 15) is 0 Å². The van der Waals surface area contributed by atoms with E-state index in [-0.39, 0.29) is 0 Å². The largest absolute Gasteiger partial charge is 0.326 e. The molecule has 0 N–H and O–H groups in total. The highest BCUT2D eigenvalue weighted by Gasteiger charge is 2.19. The van der Waals surface area contributed by atoms with Gasteiger partial charge in [0.15, 0.2) is 0 Å². The second-order valence-electron chi connectivity index (χ2n) is 7.01. The molecule has 0 rings (SSSR count). The minimum atomic E-state index is 1.16. The van der Waals surface area contributed by atoms with Gasteiger partial charge in [0.1, 0.15) is 0 Å². The van der Waals surface area contributed by atoms with E-state index in [2.05, 4.69) is 36.8 Å². The molecule has 0 aliphatic heterocycles. The Morgan fingerprint density at radius 3 is 1.38 bits per heavy atom. The maximum Gasteiger partial charge on any atom is 0.0792 e. The lowest BCUT2D eigenvalue weighted by Gasteiger charge is -2.35. The van der Waals surface area contributed by atoms with Gasteiger partial charge in [-0.1, -0.05) is 74.7 Å². The van der Waals surface area contributed by atoms with Crippen LogP contribution >= 0.6 is 15.9 Å². The molecule has 21 heavy (non-hydrogen) atoms. The number of quaternary nitrogens is 1. The summed E-state index contributed by atoms with van der Waals surface area (Å²) in [6.45, 7) is 8.74. The fourth-order valence-corrected chi connectivity index (χ4v) is 3.40. The first-order valence-corrected chi connectivity index (χ1v) is 10.7. The van der Waals surface area contributed by atoms with Crippen molar-refractivity contribution in [2.24, 2.45) is 0 Å². The van der Waals surface area contributed by atoms with Crippen molar-refractivity contribution in [2.45, 2.75) is 90.9 Å². The van der Waals surface area contributed by atoms with Crippen LogP contribution in [0, 0.1) is 0 Å². The number of hydrogen-bond acceptors (Lipinski definition) is 0. The van der Waals surface area contributed by atoms with Crippen molar-refractivity contribution in [1.29, 1.82) is 0 Å². The van der Waals surface area contributed by atoms with Gasteiger partial charge in [0.25, 0.3) is 0 Å². The maximum absolute atomic E-state index is 3.60. The van der Waals surface area contributed by atoms with E-state index in [1.165, 1.54) is 101 Å². The summed E-state index contributed by atoms with van der Waals surface area (Å²) >= 11 is 3.60. The summed E-state index contributed by atoms with van der Waals surface area (Å²) in [5.74, 6) is 0. The first-order chi connectivity index (χ1) is 10.2. The summed E-state index contributed by atoms with van der Waals surface area (Å²) in [6, 6.07) is 0. The van der Waals surface area contributed by atoms with Crippen molar-refractivity contribution >= 4 is 15.9 Å². The third kappa shape index (κ3) is 13.8. The topological polar surface area (TPSA) is 0 Å². The molecule has 0 aromatic heterocycles. The molecule has 128 valence electrons. The molecule has 0 bridgehead atoms. The lowest BCUT2D eigenvalue weighted by atomic mass is 10.1. The minimum Gasteiger partial charge on any atom is -0.326 e. The average molecular weight is 363 g/mol. The Morgan fingerprint density at radius 2 is 0.952 bits per heavy atom. The summed E-state index contributed by atoms with van der Waals surface area (Å²) in [7, 11) is 2.49. The molecular formula is C19H41BrN+. The molecule has 0 aromatic rings. The Labute approximate surface area is 143 Å². The number of nitrogens with zero attached hydrogens (tertiary/aromatic N) is 1. The molecule has 1 atom stereocenters. The number of rotatable bonds is 16. The fourth-order valence-electron chi connectivity index (χ4n) is 3.15. The van der Waals surface area contributed by atoms with E-state index in [1.807, 2.05) is 0 Å². The highest BCUT2D eigenvalue weighted by molar-refractivity contribution is 9.09. The second-order valence-corrected chi connectivity index (χ2v) is 7.81. The van der Waals surface area contributed by atoms with Gasteiger partial charge in [-0.3, -0.25) is 0 Å². The number of alkyl halides is 1. The van der Waals surface area contributed by atoms with Gasteiger partial charge < -0.3 is 4.48 Å². The van der Waals surface area contributed by atoms with Crippen molar-refractivity contribution < 1.29 is 4.48 Å². The summed E-state index contributed by atoms with van der Waals surface area (Å²) in [5.41, 5.74) is 0. The summed E-state index contributed by atoms with van der Waals surface area (Å²) in [5, 5.41) is 1.16. The van der Waals surface area contributed by atoms with E-state index in [1.54, 1.807) is 0 Å². The van der Waals surface area contributed by atoms with Crippen molar-refractivity contribution in [1.82, 2.24) is 0 Å². The van der Waals surface area contributed by atoms with Gasteiger partial charge >= 0.3 is 0 Å². The van der Waals surface area contributed by atoms with Crippen LogP contribution in [0.2, 0.25) is 0 Å². The standard InChI is InChI=1S/C19H41BrN/c1-4-6-8-10-12-14-18-21(3,19-15-16-20)17-13-11-9-7-5-2/h4-19H2,1-3H3/q+1. The highest BCUT2D eigenvalue weighted by atomic mass is 79.9. The molecule has 1 nitrogen and oxygen atoms in total. The summed E-state index contributed by atoms with van der Waals surface area (Å²) in [6.07, 6.45) is 16.9. The van der Waals surface area contributed by atoms with Crippen LogP contribution in [0.1, 0.15) is 90.9 Å². The van der Waals surface area contributed by atoms with Gasteiger partial charge in [0.05, 0.1) is 26.7 Å². The minimum absolute atomic E-state index is 1.16. The maximum atomic E-state index is 3.60. The molecule has 0 spiro atoms. The van der Waals surface area contributed by atoms with Crippen molar-refractivity contribution in [3.63, 3.8) is 0 Å². The van der Waals surface area contributed by atoms with Crippen LogP contribution in [0.3, 0.4) is 0 Å². The predicted octanol–water partition coefficient (Wildman–Crippen LogP) is 6.55. The van der Waals surface area contributed by atoms with Crippen LogP contribution < -0.4 is 0 Å². The van der Waals surface area contributed by atoms with Gasteiger partial charge in [-0.15, -0.1) is 0 Å². The molecule has 0 aromatic carbocycles. The van der Waals surface area contributed by atoms with Gasteiger partial charge in [0, 0.05) is 11.8 Å². The third-order valence-electron chi connectivity index (χ3n) is 4.68. The van der Waals surface area contributed by atoms with Crippen LogP contribution in [-0.2, 0) is 0 Å². The van der Waals surface area contributed by atoms with Gasteiger partial charge in [0.2, 0.25) is 0 Å². The zero-order chi connectivity index (χ0) is 15.8.